The fraction of sp³-hybridized carbons (Fsp3) is 0.579. The molecular weight excluding hydrogens is 341 g/mol. The summed E-state index contributed by atoms with van der Waals surface area (Å²) in [6, 6.07) is 5.28. The summed E-state index contributed by atoms with van der Waals surface area (Å²) in [7, 11) is 0. The number of alkyl halides is 1. The molecule has 0 spiro atoms. The summed E-state index contributed by atoms with van der Waals surface area (Å²) in [6.07, 6.45) is -0.197. The number of benzene rings is 1. The van der Waals surface area contributed by atoms with Gasteiger partial charge in [0, 0.05) is 13.0 Å². The van der Waals surface area contributed by atoms with Crippen molar-refractivity contribution < 1.29 is 28.6 Å². The van der Waals surface area contributed by atoms with E-state index in [2.05, 4.69) is 0 Å². The molecule has 1 fully saturated rings. The highest BCUT2D eigenvalue weighted by Gasteiger charge is 2.49. The Morgan fingerprint density at radius 1 is 1.23 bits per heavy atom. The van der Waals surface area contributed by atoms with Crippen molar-refractivity contribution in [1.29, 1.82) is 0 Å². The van der Waals surface area contributed by atoms with Crippen LogP contribution in [0.1, 0.15) is 39.7 Å². The molecule has 1 amide bonds. The molecule has 1 aliphatic rings. The lowest BCUT2D eigenvalue weighted by Crippen LogP contribution is -2.45. The van der Waals surface area contributed by atoms with Gasteiger partial charge in [-0.2, -0.15) is 0 Å². The Kier molecular flexibility index (Phi) is 5.78. The van der Waals surface area contributed by atoms with E-state index >= 15 is 0 Å². The van der Waals surface area contributed by atoms with E-state index in [1.165, 1.54) is 4.90 Å². The van der Waals surface area contributed by atoms with E-state index in [0.29, 0.717) is 30.3 Å². The summed E-state index contributed by atoms with van der Waals surface area (Å²) < 4.78 is 25.5. The molecule has 1 unspecified atom stereocenters. The number of likely N-dealkylation sites (tertiary alicyclic amines) is 1. The molecule has 0 radical (unpaired) electrons. The van der Waals surface area contributed by atoms with Crippen molar-refractivity contribution in [2.75, 3.05) is 26.3 Å². The van der Waals surface area contributed by atoms with Crippen molar-refractivity contribution in [3.63, 3.8) is 0 Å². The molecule has 1 aromatic carbocycles. The fourth-order valence-electron chi connectivity index (χ4n) is 3.08. The maximum absolute atomic E-state index is 14.3. The van der Waals surface area contributed by atoms with Crippen molar-refractivity contribution in [2.24, 2.45) is 0 Å². The molecule has 0 saturated carbocycles. The van der Waals surface area contributed by atoms with E-state index in [1.807, 2.05) is 13.8 Å². The van der Waals surface area contributed by atoms with Crippen LogP contribution in [0.3, 0.4) is 0 Å². The summed E-state index contributed by atoms with van der Waals surface area (Å²) in [5.41, 5.74) is -2.64. The molecule has 2 rings (SSSR count). The molecule has 6 nitrogen and oxygen atoms in total. The minimum atomic E-state index is -2.37. The first-order valence-corrected chi connectivity index (χ1v) is 8.77. The first-order chi connectivity index (χ1) is 12.2. The van der Waals surface area contributed by atoms with E-state index < -0.39 is 23.6 Å². The first kappa shape index (κ1) is 20.0. The summed E-state index contributed by atoms with van der Waals surface area (Å²) in [6.45, 7) is 7.79. The van der Waals surface area contributed by atoms with E-state index in [1.54, 1.807) is 32.0 Å². The monoisotopic (exact) mass is 367 g/mol. The van der Waals surface area contributed by atoms with Gasteiger partial charge in [0.1, 0.15) is 0 Å². The number of carbonyl (C=O) groups is 2. The Balaban J connectivity index is 2.27. The molecule has 0 aromatic heterocycles. The molecule has 1 N–H and O–H groups in total. The first-order valence-electron chi connectivity index (χ1n) is 8.77. The Bertz CT molecular complexity index is 691. The molecule has 1 saturated heterocycles. The number of carboxylic acids is 1. The van der Waals surface area contributed by atoms with Crippen molar-refractivity contribution in [1.82, 2.24) is 4.90 Å². The zero-order chi connectivity index (χ0) is 19.5. The standard InChI is InChI=1S/C19H26FNO5/c1-5-25-14-8-7-13(11-15(14)26-6-2)18(3,4)16(22)21-10-9-19(20,12-21)17(23)24/h7-8,11H,5-6,9-10,12H2,1-4H3,(H,23,24). The fourth-order valence-corrected chi connectivity index (χ4v) is 3.08. The van der Waals surface area contributed by atoms with Crippen LogP contribution in [0.25, 0.3) is 0 Å². The highest BCUT2D eigenvalue weighted by molar-refractivity contribution is 5.89. The quantitative estimate of drug-likeness (QED) is 0.802. The van der Waals surface area contributed by atoms with Crippen molar-refractivity contribution in [3.05, 3.63) is 23.8 Å². The minimum Gasteiger partial charge on any atom is -0.490 e. The van der Waals surface area contributed by atoms with Gasteiger partial charge in [0.2, 0.25) is 11.6 Å². The molecule has 0 bridgehead atoms. The van der Waals surface area contributed by atoms with Crippen LogP contribution in [0.4, 0.5) is 4.39 Å². The van der Waals surface area contributed by atoms with E-state index in [9.17, 15) is 14.0 Å². The van der Waals surface area contributed by atoms with Crippen LogP contribution in [0.2, 0.25) is 0 Å². The van der Waals surface area contributed by atoms with Gasteiger partial charge < -0.3 is 19.5 Å². The predicted octanol–water partition coefficient (Wildman–Crippen LogP) is 2.79. The number of rotatable bonds is 7. The van der Waals surface area contributed by atoms with E-state index in [0.717, 1.165) is 0 Å². The van der Waals surface area contributed by atoms with Crippen LogP contribution in [0.15, 0.2) is 18.2 Å². The topological polar surface area (TPSA) is 76.1 Å². The SMILES string of the molecule is CCOc1ccc(C(C)(C)C(=O)N2CCC(F)(C(=O)O)C2)cc1OCC. The average Bonchev–Trinajstić information content (AvgIpc) is 2.99. The van der Waals surface area contributed by atoms with Gasteiger partial charge >= 0.3 is 5.97 Å². The maximum Gasteiger partial charge on any atom is 0.343 e. The van der Waals surface area contributed by atoms with Crippen molar-refractivity contribution >= 4 is 11.9 Å². The van der Waals surface area contributed by atoms with Gasteiger partial charge in [-0.3, -0.25) is 4.79 Å². The molecule has 0 aliphatic carbocycles. The molecule has 1 aromatic rings. The average molecular weight is 367 g/mol. The molecule has 144 valence electrons. The number of amides is 1. The van der Waals surface area contributed by atoms with Gasteiger partial charge in [0.05, 0.1) is 25.2 Å². The van der Waals surface area contributed by atoms with Crippen LogP contribution >= 0.6 is 0 Å². The molecule has 1 atom stereocenters. The van der Waals surface area contributed by atoms with Gasteiger partial charge in [0.25, 0.3) is 0 Å². The number of ether oxygens (including phenoxy) is 2. The number of hydrogen-bond acceptors (Lipinski definition) is 4. The predicted molar refractivity (Wildman–Crippen MR) is 94.5 cm³/mol. The zero-order valence-corrected chi connectivity index (χ0v) is 15.7. The minimum absolute atomic E-state index is 0.0837. The van der Waals surface area contributed by atoms with Crippen molar-refractivity contribution in [3.8, 4) is 11.5 Å². The second kappa shape index (κ2) is 7.51. The van der Waals surface area contributed by atoms with Gasteiger partial charge in [-0.15, -0.1) is 0 Å². The van der Waals surface area contributed by atoms with E-state index in [4.69, 9.17) is 14.6 Å². The number of hydrogen-bond donors (Lipinski definition) is 1. The summed E-state index contributed by atoms with van der Waals surface area (Å²) in [4.78, 5) is 25.3. The number of carboxylic acid groups (broad SMARTS) is 1. The number of nitrogens with zero attached hydrogens (tertiary/aromatic N) is 1. The van der Waals surface area contributed by atoms with Crippen LogP contribution < -0.4 is 9.47 Å². The second-order valence-electron chi connectivity index (χ2n) is 6.90. The van der Waals surface area contributed by atoms with Gasteiger partial charge in [-0.05, 0) is 45.4 Å². The third-order valence-electron chi connectivity index (χ3n) is 4.69. The third-order valence-corrected chi connectivity index (χ3v) is 4.69. The third kappa shape index (κ3) is 3.76. The Morgan fingerprint density at radius 2 is 1.85 bits per heavy atom. The number of carbonyl (C=O) groups excluding carboxylic acids is 1. The molecule has 1 heterocycles. The Labute approximate surface area is 152 Å². The van der Waals surface area contributed by atoms with Gasteiger partial charge in [0.15, 0.2) is 11.5 Å². The smallest absolute Gasteiger partial charge is 0.343 e. The highest BCUT2D eigenvalue weighted by Crippen LogP contribution is 2.36. The lowest BCUT2D eigenvalue weighted by atomic mass is 9.83. The van der Waals surface area contributed by atoms with E-state index in [-0.39, 0.29) is 18.9 Å². The second-order valence-corrected chi connectivity index (χ2v) is 6.90. The highest BCUT2D eigenvalue weighted by atomic mass is 19.1. The summed E-state index contributed by atoms with van der Waals surface area (Å²) in [5, 5.41) is 9.02. The van der Waals surface area contributed by atoms with Gasteiger partial charge in [-0.25, -0.2) is 9.18 Å². The Morgan fingerprint density at radius 3 is 2.38 bits per heavy atom. The maximum atomic E-state index is 14.3. The van der Waals surface area contributed by atoms with Crippen LogP contribution in [0.5, 0.6) is 11.5 Å². The largest absolute Gasteiger partial charge is 0.490 e. The normalized spacial score (nSPS) is 20.1. The summed E-state index contributed by atoms with van der Waals surface area (Å²) >= 11 is 0. The van der Waals surface area contributed by atoms with Gasteiger partial charge in [-0.1, -0.05) is 6.07 Å². The lowest BCUT2D eigenvalue weighted by molar-refractivity contribution is -0.150. The molecular formula is C19H26FNO5. The number of aliphatic carboxylic acids is 1. The zero-order valence-electron chi connectivity index (χ0n) is 15.7. The lowest BCUT2D eigenvalue weighted by Gasteiger charge is -2.30. The summed E-state index contributed by atoms with van der Waals surface area (Å²) in [5.74, 6) is -0.703. The van der Waals surface area contributed by atoms with Crippen LogP contribution in [-0.4, -0.2) is 53.9 Å². The molecule has 7 heteroatoms. The number of halogens is 1. The molecule has 26 heavy (non-hydrogen) atoms. The van der Waals surface area contributed by atoms with Crippen LogP contribution in [0, 0.1) is 0 Å². The molecule has 1 aliphatic heterocycles. The Hall–Kier alpha value is -2.31. The van der Waals surface area contributed by atoms with Crippen molar-refractivity contribution in [2.45, 2.75) is 45.2 Å². The van der Waals surface area contributed by atoms with Crippen LogP contribution in [-0.2, 0) is 15.0 Å².